The molecule has 0 aliphatic heterocycles. The van der Waals surface area contributed by atoms with Crippen molar-refractivity contribution in [1.29, 1.82) is 0 Å². The Morgan fingerprint density at radius 3 is 2.75 bits per heavy atom. The maximum Gasteiger partial charge on any atom is 0.344 e. The molecule has 1 aromatic carbocycles. The Balaban J connectivity index is 1.68. The number of ether oxygens (including phenoxy) is 2. The highest BCUT2D eigenvalue weighted by atomic mass is 16.6. The molecule has 0 radical (unpaired) electrons. The van der Waals surface area contributed by atoms with Crippen molar-refractivity contribution in [1.82, 2.24) is 5.32 Å². The van der Waals surface area contributed by atoms with Crippen LogP contribution in [0.2, 0.25) is 0 Å². The number of hydrogen-bond donors (Lipinski definition) is 1. The third kappa shape index (κ3) is 5.55. The zero-order valence-electron chi connectivity index (χ0n) is 14.7. The Labute approximate surface area is 143 Å². The maximum atomic E-state index is 12.0. The van der Waals surface area contributed by atoms with Gasteiger partial charge in [0, 0.05) is 6.04 Å². The van der Waals surface area contributed by atoms with Crippen molar-refractivity contribution in [3.8, 4) is 5.75 Å². The van der Waals surface area contributed by atoms with Crippen molar-refractivity contribution in [2.45, 2.75) is 46.1 Å². The van der Waals surface area contributed by atoms with Gasteiger partial charge in [0.1, 0.15) is 5.75 Å². The summed E-state index contributed by atoms with van der Waals surface area (Å²) in [6.07, 6.45) is 3.32. The van der Waals surface area contributed by atoms with E-state index in [1.54, 1.807) is 6.07 Å². The lowest BCUT2D eigenvalue weighted by atomic mass is 9.78. The first-order valence-corrected chi connectivity index (χ1v) is 8.60. The minimum atomic E-state index is -0.545. The fourth-order valence-corrected chi connectivity index (χ4v) is 3.07. The van der Waals surface area contributed by atoms with Gasteiger partial charge in [-0.05, 0) is 42.9 Å². The topological polar surface area (TPSA) is 64.6 Å². The van der Waals surface area contributed by atoms with Gasteiger partial charge in [-0.3, -0.25) is 4.79 Å². The lowest BCUT2D eigenvalue weighted by Gasteiger charge is -2.34. The Morgan fingerprint density at radius 2 is 2.00 bits per heavy atom. The largest absolute Gasteiger partial charge is 0.482 e. The van der Waals surface area contributed by atoms with Crippen LogP contribution in [0.4, 0.5) is 0 Å². The summed E-state index contributed by atoms with van der Waals surface area (Å²) in [4.78, 5) is 23.6. The van der Waals surface area contributed by atoms with Crippen molar-refractivity contribution in [3.63, 3.8) is 0 Å². The quantitative estimate of drug-likeness (QED) is 0.813. The molecule has 3 atom stereocenters. The smallest absolute Gasteiger partial charge is 0.344 e. The van der Waals surface area contributed by atoms with Gasteiger partial charge in [-0.15, -0.1) is 0 Å². The van der Waals surface area contributed by atoms with Crippen molar-refractivity contribution in [2.75, 3.05) is 13.2 Å². The molecule has 1 N–H and O–H groups in total. The summed E-state index contributed by atoms with van der Waals surface area (Å²) in [5.41, 5.74) is 1.05. The van der Waals surface area contributed by atoms with Gasteiger partial charge in [-0.2, -0.15) is 0 Å². The normalized spacial score (nSPS) is 23.4. The van der Waals surface area contributed by atoms with Crippen LogP contribution < -0.4 is 10.1 Å². The van der Waals surface area contributed by atoms with Gasteiger partial charge in [-0.25, -0.2) is 4.79 Å². The molecule has 24 heavy (non-hydrogen) atoms. The van der Waals surface area contributed by atoms with E-state index in [9.17, 15) is 9.59 Å². The van der Waals surface area contributed by atoms with Gasteiger partial charge in [0.05, 0.1) is 0 Å². The van der Waals surface area contributed by atoms with Gasteiger partial charge >= 0.3 is 5.97 Å². The number of aryl methyl sites for hydroxylation is 1. The highest BCUT2D eigenvalue weighted by Crippen LogP contribution is 2.29. The molecule has 2 rings (SSSR count). The first kappa shape index (κ1) is 18.3. The van der Waals surface area contributed by atoms with Crippen molar-refractivity contribution in [2.24, 2.45) is 11.8 Å². The zero-order valence-corrected chi connectivity index (χ0v) is 14.7. The van der Waals surface area contributed by atoms with Gasteiger partial charge in [0.15, 0.2) is 13.2 Å². The van der Waals surface area contributed by atoms with Crippen LogP contribution in [0.3, 0.4) is 0 Å². The molecule has 0 aromatic heterocycles. The minimum absolute atomic E-state index is 0.170. The number of carbonyl (C=O) groups excluding carboxylic acids is 2. The second-order valence-corrected chi connectivity index (χ2v) is 6.71. The standard InChI is InChI=1S/C19H27NO4/c1-13-6-4-8-16(10-13)23-12-19(22)24-11-18(21)20-17-9-5-7-14(2)15(17)3/h4,6,8,10,14-15,17H,5,7,9,11-12H2,1-3H3,(H,20,21)/t14-,15+,17-/m1/s1. The van der Waals surface area contributed by atoms with Crippen molar-refractivity contribution in [3.05, 3.63) is 29.8 Å². The minimum Gasteiger partial charge on any atom is -0.482 e. The van der Waals surface area contributed by atoms with Gasteiger partial charge < -0.3 is 14.8 Å². The molecule has 0 saturated heterocycles. The highest BCUT2D eigenvalue weighted by molar-refractivity contribution is 5.81. The van der Waals surface area contributed by atoms with Crippen LogP contribution in [0, 0.1) is 18.8 Å². The third-order valence-electron chi connectivity index (χ3n) is 4.76. The SMILES string of the molecule is Cc1cccc(OCC(=O)OCC(=O)N[C@@H]2CCC[C@@H](C)[C@@H]2C)c1. The Kier molecular flexibility index (Phi) is 6.64. The summed E-state index contributed by atoms with van der Waals surface area (Å²) in [6.45, 7) is 5.87. The maximum absolute atomic E-state index is 12.0. The van der Waals surface area contributed by atoms with E-state index in [1.807, 2.05) is 25.1 Å². The molecule has 0 bridgehead atoms. The molecule has 1 aliphatic carbocycles. The van der Waals surface area contributed by atoms with Crippen LogP contribution in [0.5, 0.6) is 5.75 Å². The summed E-state index contributed by atoms with van der Waals surface area (Å²) in [5, 5.41) is 2.98. The highest BCUT2D eigenvalue weighted by Gasteiger charge is 2.28. The van der Waals surface area contributed by atoms with E-state index < -0.39 is 5.97 Å². The summed E-state index contributed by atoms with van der Waals surface area (Å²) in [5.74, 6) is 0.875. The van der Waals surface area contributed by atoms with Crippen LogP contribution in [0.25, 0.3) is 0 Å². The molecule has 0 spiro atoms. The molecule has 132 valence electrons. The molecule has 1 amide bonds. The molecule has 0 unspecified atom stereocenters. The summed E-state index contributed by atoms with van der Waals surface area (Å²) >= 11 is 0. The van der Waals surface area contributed by atoms with E-state index in [2.05, 4.69) is 19.2 Å². The number of benzene rings is 1. The molecule has 1 fully saturated rings. The number of hydrogen-bond acceptors (Lipinski definition) is 4. The van der Waals surface area contributed by atoms with Crippen LogP contribution >= 0.6 is 0 Å². The van der Waals surface area contributed by atoms with Crippen LogP contribution in [0.1, 0.15) is 38.7 Å². The van der Waals surface area contributed by atoms with Gasteiger partial charge in [0.25, 0.3) is 5.91 Å². The molecule has 1 aromatic rings. The average molecular weight is 333 g/mol. The lowest BCUT2D eigenvalue weighted by molar-refractivity contribution is -0.150. The summed E-state index contributed by atoms with van der Waals surface area (Å²) in [6, 6.07) is 7.59. The van der Waals surface area contributed by atoms with Crippen LogP contribution in [-0.2, 0) is 14.3 Å². The van der Waals surface area contributed by atoms with E-state index in [4.69, 9.17) is 9.47 Å². The number of esters is 1. The van der Waals surface area contributed by atoms with Gasteiger partial charge in [-0.1, -0.05) is 38.8 Å². The van der Waals surface area contributed by atoms with Crippen molar-refractivity contribution < 1.29 is 19.1 Å². The zero-order chi connectivity index (χ0) is 17.5. The van der Waals surface area contributed by atoms with E-state index in [0.29, 0.717) is 17.6 Å². The average Bonchev–Trinajstić information content (AvgIpc) is 2.55. The number of nitrogens with one attached hydrogen (secondary N) is 1. The van der Waals surface area contributed by atoms with E-state index in [1.165, 1.54) is 6.42 Å². The second-order valence-electron chi connectivity index (χ2n) is 6.71. The number of rotatable bonds is 6. The van der Waals surface area contributed by atoms with E-state index >= 15 is 0 Å². The summed E-state index contributed by atoms with van der Waals surface area (Å²) in [7, 11) is 0. The number of carbonyl (C=O) groups is 2. The fourth-order valence-electron chi connectivity index (χ4n) is 3.07. The molecule has 5 heteroatoms. The Hall–Kier alpha value is -2.04. The predicted molar refractivity (Wildman–Crippen MR) is 91.7 cm³/mol. The predicted octanol–water partition coefficient (Wildman–Crippen LogP) is 2.86. The molecular formula is C19H27NO4. The van der Waals surface area contributed by atoms with Crippen LogP contribution in [-0.4, -0.2) is 31.1 Å². The fraction of sp³-hybridized carbons (Fsp3) is 0.579. The molecule has 5 nitrogen and oxygen atoms in total. The Bertz CT molecular complexity index is 572. The second kappa shape index (κ2) is 8.71. The monoisotopic (exact) mass is 333 g/mol. The van der Waals surface area contributed by atoms with Gasteiger partial charge in [0.2, 0.25) is 0 Å². The first-order valence-electron chi connectivity index (χ1n) is 8.60. The molecular weight excluding hydrogens is 306 g/mol. The van der Waals surface area contributed by atoms with Crippen molar-refractivity contribution >= 4 is 11.9 Å². The van der Waals surface area contributed by atoms with E-state index in [-0.39, 0.29) is 25.2 Å². The number of amides is 1. The lowest BCUT2D eigenvalue weighted by Crippen LogP contribution is -2.45. The third-order valence-corrected chi connectivity index (χ3v) is 4.76. The molecule has 0 heterocycles. The first-order chi connectivity index (χ1) is 11.5. The van der Waals surface area contributed by atoms with E-state index in [0.717, 1.165) is 18.4 Å². The molecule has 1 aliphatic rings. The van der Waals surface area contributed by atoms with Crippen LogP contribution in [0.15, 0.2) is 24.3 Å². The Morgan fingerprint density at radius 1 is 1.21 bits per heavy atom. The summed E-state index contributed by atoms with van der Waals surface area (Å²) < 4.78 is 10.3. The molecule has 1 saturated carbocycles.